The van der Waals surface area contributed by atoms with Gasteiger partial charge >= 0.3 is 0 Å². The molecule has 1 heterocycles. The number of fused-ring (bicyclic) bond motifs is 1. The largest absolute Gasteiger partial charge is 0.493 e. The van der Waals surface area contributed by atoms with E-state index in [4.69, 9.17) is 9.47 Å². The molecule has 0 fully saturated rings. The van der Waals surface area contributed by atoms with E-state index in [-0.39, 0.29) is 5.92 Å². The van der Waals surface area contributed by atoms with E-state index in [2.05, 4.69) is 41.2 Å². The summed E-state index contributed by atoms with van der Waals surface area (Å²) in [5.41, 5.74) is 7.67. The second-order valence-corrected chi connectivity index (χ2v) is 5.44. The third-order valence-electron chi connectivity index (χ3n) is 4.18. The number of H-pyrrole nitrogens is 1. The molecule has 0 aliphatic rings. The van der Waals surface area contributed by atoms with E-state index in [1.165, 1.54) is 10.9 Å². The van der Waals surface area contributed by atoms with Gasteiger partial charge in [-0.3, -0.25) is 0 Å². The fourth-order valence-corrected chi connectivity index (χ4v) is 3.13. The second kappa shape index (κ2) is 6.75. The zero-order valence-corrected chi connectivity index (χ0v) is 13.6. The molecule has 0 spiro atoms. The maximum Gasteiger partial charge on any atom is 0.165 e. The Labute approximate surface area is 136 Å². The van der Waals surface area contributed by atoms with Gasteiger partial charge < -0.3 is 20.2 Å². The summed E-state index contributed by atoms with van der Waals surface area (Å²) in [6.07, 6.45) is 2.08. The van der Waals surface area contributed by atoms with Gasteiger partial charge in [-0.2, -0.15) is 0 Å². The molecule has 1 atom stereocenters. The van der Waals surface area contributed by atoms with E-state index >= 15 is 0 Å². The molecule has 120 valence electrons. The Balaban J connectivity index is 2.14. The molecule has 0 aliphatic carbocycles. The summed E-state index contributed by atoms with van der Waals surface area (Å²) in [7, 11) is 1.67. The van der Waals surface area contributed by atoms with Crippen molar-refractivity contribution in [3.63, 3.8) is 0 Å². The zero-order chi connectivity index (χ0) is 16.2. The second-order valence-electron chi connectivity index (χ2n) is 5.44. The molecule has 1 aromatic heterocycles. The molecule has 3 aromatic rings. The van der Waals surface area contributed by atoms with Gasteiger partial charge in [-0.15, -0.1) is 0 Å². The number of aromatic nitrogens is 1. The number of aromatic amines is 1. The topological polar surface area (TPSA) is 61.9 Å². The maximum atomic E-state index is 5.89. The highest BCUT2D eigenvalue weighted by Gasteiger charge is 2.23. The van der Waals surface area contributed by atoms with Crippen LogP contribution in [0.4, 0.5) is 0 Å². The van der Waals surface area contributed by atoms with E-state index < -0.39 is 0 Å². The van der Waals surface area contributed by atoms with Crippen LogP contribution in [0.5, 0.6) is 11.5 Å². The van der Waals surface area contributed by atoms with E-state index in [9.17, 15) is 0 Å². The summed E-state index contributed by atoms with van der Waals surface area (Å²) in [6, 6.07) is 14.4. The van der Waals surface area contributed by atoms with Crippen LogP contribution in [0.15, 0.2) is 48.7 Å². The van der Waals surface area contributed by atoms with Gasteiger partial charge in [0.25, 0.3) is 0 Å². The minimum absolute atomic E-state index is 0.155. The van der Waals surface area contributed by atoms with Crippen molar-refractivity contribution in [1.82, 2.24) is 4.98 Å². The van der Waals surface area contributed by atoms with Gasteiger partial charge in [0, 0.05) is 22.7 Å². The summed E-state index contributed by atoms with van der Waals surface area (Å²) in [5, 5.41) is 1.23. The SMILES string of the molecule is CCOc1c(OC)cccc1[C@H](C[NH3+])c1c[nH]c2ccccc12. The predicted octanol–water partition coefficient (Wildman–Crippen LogP) is 2.95. The summed E-state index contributed by atoms with van der Waals surface area (Å²) in [5.74, 6) is 1.74. The van der Waals surface area contributed by atoms with Crippen LogP contribution in [-0.4, -0.2) is 25.2 Å². The van der Waals surface area contributed by atoms with Crippen molar-refractivity contribution in [2.45, 2.75) is 12.8 Å². The molecule has 0 aliphatic heterocycles. The Hall–Kier alpha value is -2.46. The molecular weight excluding hydrogens is 288 g/mol. The number of hydrogen-bond acceptors (Lipinski definition) is 2. The lowest BCUT2D eigenvalue weighted by atomic mass is 9.90. The van der Waals surface area contributed by atoms with Gasteiger partial charge in [0.05, 0.1) is 26.2 Å². The third-order valence-corrected chi connectivity index (χ3v) is 4.18. The quantitative estimate of drug-likeness (QED) is 0.735. The van der Waals surface area contributed by atoms with Crippen molar-refractivity contribution < 1.29 is 15.2 Å². The highest BCUT2D eigenvalue weighted by Crippen LogP contribution is 2.39. The smallest absolute Gasteiger partial charge is 0.165 e. The normalized spacial score (nSPS) is 12.3. The fraction of sp³-hybridized carbons (Fsp3) is 0.263. The molecule has 0 bridgehead atoms. The van der Waals surface area contributed by atoms with E-state index in [1.54, 1.807) is 7.11 Å². The van der Waals surface area contributed by atoms with Crippen molar-refractivity contribution in [3.05, 3.63) is 59.8 Å². The van der Waals surface area contributed by atoms with Crippen LogP contribution in [0.25, 0.3) is 10.9 Å². The van der Waals surface area contributed by atoms with Gasteiger partial charge in [-0.1, -0.05) is 30.3 Å². The number of benzene rings is 2. The lowest BCUT2D eigenvalue weighted by molar-refractivity contribution is -0.370. The van der Waals surface area contributed by atoms with Gasteiger partial charge in [-0.05, 0) is 24.6 Å². The van der Waals surface area contributed by atoms with Crippen molar-refractivity contribution >= 4 is 10.9 Å². The monoisotopic (exact) mass is 311 g/mol. The van der Waals surface area contributed by atoms with Crippen LogP contribution in [0.3, 0.4) is 0 Å². The number of ether oxygens (including phenoxy) is 2. The summed E-state index contributed by atoms with van der Waals surface area (Å²) < 4.78 is 11.4. The molecule has 2 aromatic carbocycles. The Morgan fingerprint density at radius 1 is 1.09 bits per heavy atom. The summed E-state index contributed by atoms with van der Waals surface area (Å²) in [4.78, 5) is 3.35. The number of para-hydroxylation sites is 2. The minimum atomic E-state index is 0.155. The van der Waals surface area contributed by atoms with Crippen molar-refractivity contribution in [2.24, 2.45) is 0 Å². The van der Waals surface area contributed by atoms with E-state index in [0.717, 1.165) is 29.1 Å². The number of rotatable bonds is 6. The molecule has 4 heteroatoms. The maximum absolute atomic E-state index is 5.89. The first-order chi connectivity index (χ1) is 11.3. The van der Waals surface area contributed by atoms with Crippen LogP contribution in [0.2, 0.25) is 0 Å². The lowest BCUT2D eigenvalue weighted by Gasteiger charge is -2.19. The Bertz CT molecular complexity index is 795. The van der Waals surface area contributed by atoms with E-state index in [1.807, 2.05) is 25.1 Å². The summed E-state index contributed by atoms with van der Waals surface area (Å²) in [6.45, 7) is 3.33. The Morgan fingerprint density at radius 2 is 1.91 bits per heavy atom. The van der Waals surface area contributed by atoms with Crippen LogP contribution >= 0.6 is 0 Å². The molecule has 23 heavy (non-hydrogen) atoms. The Morgan fingerprint density at radius 3 is 2.65 bits per heavy atom. The van der Waals surface area contributed by atoms with Crippen molar-refractivity contribution in [3.8, 4) is 11.5 Å². The standard InChI is InChI=1S/C19H22N2O2/c1-3-23-19-14(8-6-10-18(19)22-2)15(11-20)16-12-21-17-9-5-4-7-13(16)17/h4-10,12,15,21H,3,11,20H2,1-2H3/p+1/t15-/m0/s1. The van der Waals surface area contributed by atoms with Crippen LogP contribution in [0, 0.1) is 0 Å². The minimum Gasteiger partial charge on any atom is -0.493 e. The average Bonchev–Trinajstić information content (AvgIpc) is 3.01. The van der Waals surface area contributed by atoms with Gasteiger partial charge in [0.2, 0.25) is 0 Å². The lowest BCUT2D eigenvalue weighted by Crippen LogP contribution is -2.53. The highest BCUT2D eigenvalue weighted by molar-refractivity contribution is 5.84. The first kappa shape index (κ1) is 15.4. The van der Waals surface area contributed by atoms with Crippen LogP contribution in [-0.2, 0) is 0 Å². The number of quaternary nitrogens is 1. The molecule has 4 nitrogen and oxygen atoms in total. The predicted molar refractivity (Wildman–Crippen MR) is 92.1 cm³/mol. The molecule has 0 unspecified atom stereocenters. The van der Waals surface area contributed by atoms with Gasteiger partial charge in [-0.25, -0.2) is 0 Å². The van der Waals surface area contributed by atoms with E-state index in [0.29, 0.717) is 6.61 Å². The molecule has 0 amide bonds. The zero-order valence-electron chi connectivity index (χ0n) is 13.6. The van der Waals surface area contributed by atoms with Crippen LogP contribution < -0.4 is 15.2 Å². The van der Waals surface area contributed by atoms with Crippen molar-refractivity contribution in [1.29, 1.82) is 0 Å². The molecule has 4 N–H and O–H groups in total. The Kier molecular flexibility index (Phi) is 4.53. The molecule has 3 rings (SSSR count). The number of methoxy groups -OCH3 is 1. The highest BCUT2D eigenvalue weighted by atomic mass is 16.5. The molecule has 0 saturated heterocycles. The van der Waals surface area contributed by atoms with Crippen LogP contribution in [0.1, 0.15) is 24.0 Å². The van der Waals surface area contributed by atoms with Crippen molar-refractivity contribution in [2.75, 3.05) is 20.3 Å². The number of hydrogen-bond donors (Lipinski definition) is 2. The molecule has 0 radical (unpaired) electrons. The summed E-state index contributed by atoms with van der Waals surface area (Å²) >= 11 is 0. The first-order valence-corrected chi connectivity index (χ1v) is 7.95. The third kappa shape index (κ3) is 2.78. The first-order valence-electron chi connectivity index (χ1n) is 7.95. The molecule has 0 saturated carbocycles. The average molecular weight is 311 g/mol. The number of nitrogens with one attached hydrogen (secondary N) is 1. The fourth-order valence-electron chi connectivity index (χ4n) is 3.13. The molecular formula is C19H23N2O2+. The van der Waals surface area contributed by atoms with Gasteiger partial charge in [0.15, 0.2) is 11.5 Å². The van der Waals surface area contributed by atoms with Gasteiger partial charge in [0.1, 0.15) is 0 Å².